The molecule has 0 bridgehead atoms. The van der Waals surface area contributed by atoms with Gasteiger partial charge in [0.25, 0.3) is 0 Å². The maximum absolute atomic E-state index is 13.3. The molecule has 0 radical (unpaired) electrons. The number of rotatable bonds is 8. The number of para-hydroxylation sites is 1. The molecular formula is C26H30N4O6. The number of amides is 3. The van der Waals surface area contributed by atoms with Crippen molar-refractivity contribution in [3.8, 4) is 0 Å². The lowest BCUT2D eigenvalue weighted by atomic mass is 9.96. The average Bonchev–Trinajstić information content (AvgIpc) is 2.80. The molecule has 190 valence electrons. The number of hydrogen-bond acceptors (Lipinski definition) is 7. The number of ether oxygens (including phenoxy) is 2. The Balaban J connectivity index is 1.89. The van der Waals surface area contributed by atoms with Gasteiger partial charge in [0.05, 0.1) is 30.1 Å². The molecule has 36 heavy (non-hydrogen) atoms. The lowest BCUT2D eigenvalue weighted by molar-refractivity contribution is -0.146. The van der Waals surface area contributed by atoms with E-state index in [4.69, 9.17) is 15.2 Å². The molecule has 0 aliphatic heterocycles. The van der Waals surface area contributed by atoms with Gasteiger partial charge in [-0.2, -0.15) is 0 Å². The number of nitrogens with two attached hydrogens (primary N) is 1. The van der Waals surface area contributed by atoms with Crippen molar-refractivity contribution in [1.29, 1.82) is 0 Å². The van der Waals surface area contributed by atoms with Crippen molar-refractivity contribution in [2.24, 2.45) is 5.73 Å². The number of primary amides is 1. The van der Waals surface area contributed by atoms with E-state index in [0.717, 1.165) is 0 Å². The van der Waals surface area contributed by atoms with Crippen molar-refractivity contribution in [2.45, 2.75) is 32.8 Å². The number of hydrogen-bond donors (Lipinski definition) is 2. The van der Waals surface area contributed by atoms with Gasteiger partial charge in [0.15, 0.2) is 0 Å². The minimum atomic E-state index is -0.670. The molecule has 3 amide bonds. The first kappa shape index (κ1) is 26.4. The summed E-state index contributed by atoms with van der Waals surface area (Å²) in [6, 6.07) is 12.4. The first-order valence-corrected chi connectivity index (χ1v) is 11.4. The van der Waals surface area contributed by atoms with Gasteiger partial charge in [-0.05, 0) is 38.5 Å². The topological polar surface area (TPSA) is 141 Å². The maximum Gasteiger partial charge on any atom is 0.407 e. The number of carbonyl (C=O) groups excluding carboxylic acids is 4. The average molecular weight is 495 g/mol. The fraction of sp³-hybridized carbons (Fsp3) is 0.346. The van der Waals surface area contributed by atoms with Gasteiger partial charge in [-0.3, -0.25) is 14.4 Å². The van der Waals surface area contributed by atoms with Crippen LogP contribution in [-0.4, -0.2) is 66.1 Å². The molecule has 0 unspecified atom stereocenters. The Hall–Kier alpha value is -4.21. The van der Waals surface area contributed by atoms with E-state index in [1.54, 1.807) is 57.2 Å². The normalized spacial score (nSPS) is 11.2. The summed E-state index contributed by atoms with van der Waals surface area (Å²) in [6.45, 7) is 5.01. The molecule has 0 fully saturated rings. The largest absolute Gasteiger partial charge is 0.468 e. The van der Waals surface area contributed by atoms with Gasteiger partial charge in [-0.1, -0.05) is 30.3 Å². The van der Waals surface area contributed by atoms with Gasteiger partial charge in [0.1, 0.15) is 12.1 Å². The van der Waals surface area contributed by atoms with Crippen molar-refractivity contribution in [1.82, 2.24) is 15.2 Å². The van der Waals surface area contributed by atoms with Gasteiger partial charge in [0.2, 0.25) is 11.8 Å². The Kier molecular flexibility index (Phi) is 8.08. The lowest BCUT2D eigenvalue weighted by Gasteiger charge is -2.23. The molecule has 0 aliphatic carbocycles. The number of esters is 1. The van der Waals surface area contributed by atoms with Crippen molar-refractivity contribution in [2.75, 3.05) is 26.7 Å². The number of aromatic nitrogens is 1. The summed E-state index contributed by atoms with van der Waals surface area (Å²) in [5, 5.41) is 3.65. The van der Waals surface area contributed by atoms with Crippen molar-refractivity contribution < 1.29 is 28.7 Å². The third-order valence-electron chi connectivity index (χ3n) is 5.33. The van der Waals surface area contributed by atoms with Crippen LogP contribution in [0.1, 0.15) is 36.7 Å². The predicted molar refractivity (Wildman–Crippen MR) is 134 cm³/mol. The van der Waals surface area contributed by atoms with Gasteiger partial charge in [0, 0.05) is 23.9 Å². The third kappa shape index (κ3) is 6.47. The molecule has 0 spiro atoms. The highest BCUT2D eigenvalue weighted by Gasteiger charge is 2.22. The van der Waals surface area contributed by atoms with Crippen LogP contribution in [0.25, 0.3) is 21.8 Å². The van der Waals surface area contributed by atoms with E-state index in [9.17, 15) is 19.2 Å². The molecule has 1 heterocycles. The molecule has 3 aromatic rings. The van der Waals surface area contributed by atoms with E-state index in [1.165, 1.54) is 12.0 Å². The Labute approximate surface area is 208 Å². The second kappa shape index (κ2) is 11.0. The minimum absolute atomic E-state index is 0.0435. The zero-order valence-electron chi connectivity index (χ0n) is 20.8. The molecule has 0 saturated heterocycles. The molecule has 1 aromatic heterocycles. The van der Waals surface area contributed by atoms with Gasteiger partial charge in [-0.25, -0.2) is 9.78 Å². The SMILES string of the molecule is COC(=O)CN(CCNC(=O)OC(C)(C)C)C(=O)Cc1cccc2nc3ccccc3c(C(N)=O)c12. The molecule has 0 saturated carbocycles. The predicted octanol–water partition coefficient (Wildman–Crippen LogP) is 2.56. The number of nitrogens with zero attached hydrogens (tertiary/aromatic N) is 2. The third-order valence-corrected chi connectivity index (χ3v) is 5.33. The number of methoxy groups -OCH3 is 1. The Morgan fingerprint density at radius 3 is 2.39 bits per heavy atom. The fourth-order valence-electron chi connectivity index (χ4n) is 3.81. The quantitative estimate of drug-likeness (QED) is 0.362. The lowest BCUT2D eigenvalue weighted by Crippen LogP contribution is -2.43. The van der Waals surface area contributed by atoms with Crippen molar-refractivity contribution >= 4 is 45.7 Å². The van der Waals surface area contributed by atoms with Crippen LogP contribution in [0, 0.1) is 0 Å². The molecule has 3 N–H and O–H groups in total. The van der Waals surface area contributed by atoms with E-state index in [-0.39, 0.29) is 31.6 Å². The number of carbonyl (C=O) groups is 4. The Morgan fingerprint density at radius 2 is 1.72 bits per heavy atom. The van der Waals surface area contributed by atoms with Gasteiger partial charge in [-0.15, -0.1) is 0 Å². The second-order valence-corrected chi connectivity index (χ2v) is 9.18. The monoisotopic (exact) mass is 494 g/mol. The zero-order chi connectivity index (χ0) is 26.5. The van der Waals surface area contributed by atoms with E-state index >= 15 is 0 Å². The zero-order valence-corrected chi connectivity index (χ0v) is 20.8. The van der Waals surface area contributed by atoms with Crippen LogP contribution in [0.15, 0.2) is 42.5 Å². The highest BCUT2D eigenvalue weighted by Crippen LogP contribution is 2.29. The van der Waals surface area contributed by atoms with Crippen molar-refractivity contribution in [3.05, 3.63) is 53.6 Å². The van der Waals surface area contributed by atoms with Crippen LogP contribution >= 0.6 is 0 Å². The highest BCUT2D eigenvalue weighted by molar-refractivity contribution is 6.16. The summed E-state index contributed by atoms with van der Waals surface area (Å²) in [6.07, 6.45) is -0.757. The van der Waals surface area contributed by atoms with Crippen LogP contribution in [0.5, 0.6) is 0 Å². The number of pyridine rings is 1. The van der Waals surface area contributed by atoms with Crippen LogP contribution < -0.4 is 11.1 Å². The van der Waals surface area contributed by atoms with E-state index in [0.29, 0.717) is 27.4 Å². The van der Waals surface area contributed by atoms with Crippen LogP contribution in [0.2, 0.25) is 0 Å². The summed E-state index contributed by atoms with van der Waals surface area (Å²) >= 11 is 0. The maximum atomic E-state index is 13.3. The summed E-state index contributed by atoms with van der Waals surface area (Å²) in [5.41, 5.74) is 7.05. The van der Waals surface area contributed by atoms with E-state index < -0.39 is 29.5 Å². The second-order valence-electron chi connectivity index (χ2n) is 9.18. The fourth-order valence-corrected chi connectivity index (χ4v) is 3.81. The minimum Gasteiger partial charge on any atom is -0.468 e. The summed E-state index contributed by atoms with van der Waals surface area (Å²) in [5.74, 6) is -1.64. The number of benzene rings is 2. The number of fused-ring (bicyclic) bond motifs is 2. The molecule has 2 aromatic carbocycles. The smallest absolute Gasteiger partial charge is 0.407 e. The molecular weight excluding hydrogens is 464 g/mol. The summed E-state index contributed by atoms with van der Waals surface area (Å²) in [4.78, 5) is 55.6. The molecule has 0 aliphatic rings. The first-order chi connectivity index (χ1) is 17.0. The van der Waals surface area contributed by atoms with Gasteiger partial charge < -0.3 is 25.4 Å². The number of alkyl carbamates (subject to hydrolysis) is 1. The standard InChI is InChI=1S/C26H30N4O6/c1-26(2,3)36-25(34)28-12-13-30(15-21(32)35-4)20(31)14-16-8-7-11-19-22(16)23(24(27)33)17-9-5-6-10-18(17)29-19/h5-11H,12-15H2,1-4H3,(H2,27,33)(H,28,34). The number of nitrogens with one attached hydrogen (secondary N) is 1. The van der Waals surface area contributed by atoms with E-state index in [1.807, 2.05) is 6.07 Å². The van der Waals surface area contributed by atoms with Crippen LogP contribution in [0.3, 0.4) is 0 Å². The van der Waals surface area contributed by atoms with Crippen molar-refractivity contribution in [3.63, 3.8) is 0 Å². The summed E-state index contributed by atoms with van der Waals surface area (Å²) in [7, 11) is 1.23. The highest BCUT2D eigenvalue weighted by atomic mass is 16.6. The first-order valence-electron chi connectivity index (χ1n) is 11.4. The molecule has 10 nitrogen and oxygen atoms in total. The van der Waals surface area contributed by atoms with Crippen LogP contribution in [0.4, 0.5) is 4.79 Å². The Bertz CT molecular complexity index is 1320. The van der Waals surface area contributed by atoms with Gasteiger partial charge >= 0.3 is 12.1 Å². The molecule has 0 atom stereocenters. The Morgan fingerprint density at radius 1 is 1.03 bits per heavy atom. The summed E-state index contributed by atoms with van der Waals surface area (Å²) < 4.78 is 9.93. The van der Waals surface area contributed by atoms with Crippen LogP contribution in [-0.2, 0) is 25.5 Å². The van der Waals surface area contributed by atoms with E-state index in [2.05, 4.69) is 10.3 Å². The molecule has 3 rings (SSSR count). The molecule has 10 heteroatoms.